The molecular weight excluding hydrogens is 136 g/mol. The van der Waals surface area contributed by atoms with Crippen LogP contribution in [0.15, 0.2) is 0 Å². The van der Waals surface area contributed by atoms with E-state index in [2.05, 4.69) is 34.6 Å². The smallest absolute Gasteiger partial charge is 0.0890 e. The van der Waals surface area contributed by atoms with E-state index in [1.807, 2.05) is 0 Å². The van der Waals surface area contributed by atoms with E-state index >= 15 is 0 Å². The van der Waals surface area contributed by atoms with Crippen LogP contribution in [0.5, 0.6) is 0 Å². The van der Waals surface area contributed by atoms with Gasteiger partial charge in [0.2, 0.25) is 0 Å². The van der Waals surface area contributed by atoms with Crippen LogP contribution in [0, 0.1) is 11.3 Å². The van der Waals surface area contributed by atoms with Gasteiger partial charge < -0.3 is 4.74 Å². The first kappa shape index (κ1) is 9.05. The van der Waals surface area contributed by atoms with Crippen LogP contribution in [0.3, 0.4) is 0 Å². The zero-order valence-corrected chi connectivity index (χ0v) is 8.35. The fourth-order valence-corrected chi connectivity index (χ4v) is 1.55. The average molecular weight is 156 g/mol. The summed E-state index contributed by atoms with van der Waals surface area (Å²) in [7, 11) is 0. The van der Waals surface area contributed by atoms with E-state index in [1.54, 1.807) is 0 Å². The molecule has 0 radical (unpaired) electrons. The molecule has 0 aliphatic carbocycles. The zero-order chi connectivity index (χ0) is 8.65. The molecule has 0 aromatic rings. The molecule has 0 aromatic carbocycles. The van der Waals surface area contributed by atoms with Gasteiger partial charge in [-0.3, -0.25) is 0 Å². The van der Waals surface area contributed by atoms with Crippen molar-refractivity contribution >= 4 is 0 Å². The van der Waals surface area contributed by atoms with Gasteiger partial charge in [0.15, 0.2) is 0 Å². The molecule has 1 nitrogen and oxygen atoms in total. The summed E-state index contributed by atoms with van der Waals surface area (Å²) in [6.45, 7) is 11.2. The molecule has 1 aliphatic heterocycles. The molecule has 1 heterocycles. The lowest BCUT2D eigenvalue weighted by molar-refractivity contribution is 0.258. The molecule has 2 unspecified atom stereocenters. The molecule has 66 valence electrons. The molecule has 1 aliphatic rings. The van der Waals surface area contributed by atoms with Crippen LogP contribution in [0.1, 0.15) is 41.0 Å². The monoisotopic (exact) mass is 156 g/mol. The Hall–Kier alpha value is -0.0400. The summed E-state index contributed by atoms with van der Waals surface area (Å²) in [6.07, 6.45) is 2.29. The van der Waals surface area contributed by atoms with E-state index in [0.29, 0.717) is 17.6 Å². The van der Waals surface area contributed by atoms with Gasteiger partial charge in [-0.1, -0.05) is 34.6 Å². The Balaban J connectivity index is 2.27. The van der Waals surface area contributed by atoms with E-state index in [4.69, 9.17) is 4.74 Å². The highest BCUT2D eigenvalue weighted by atomic mass is 16.6. The summed E-state index contributed by atoms with van der Waals surface area (Å²) in [5.41, 5.74) is 0.347. The molecule has 11 heavy (non-hydrogen) atoms. The van der Waals surface area contributed by atoms with Crippen molar-refractivity contribution in [1.82, 2.24) is 0 Å². The summed E-state index contributed by atoms with van der Waals surface area (Å²) in [5.74, 6) is 0.771. The number of hydrogen-bond acceptors (Lipinski definition) is 1. The summed E-state index contributed by atoms with van der Waals surface area (Å²) in [6, 6.07) is 0. The van der Waals surface area contributed by atoms with Crippen molar-refractivity contribution < 1.29 is 4.74 Å². The molecule has 0 saturated carbocycles. The summed E-state index contributed by atoms with van der Waals surface area (Å²) >= 11 is 0. The second-order valence-electron chi connectivity index (χ2n) is 5.09. The van der Waals surface area contributed by atoms with Crippen molar-refractivity contribution in [2.24, 2.45) is 11.3 Å². The van der Waals surface area contributed by atoms with Crippen LogP contribution in [-0.2, 0) is 4.74 Å². The summed E-state index contributed by atoms with van der Waals surface area (Å²) < 4.78 is 5.59. The number of epoxide rings is 1. The Kier molecular flexibility index (Phi) is 2.29. The predicted molar refractivity (Wildman–Crippen MR) is 47.6 cm³/mol. The van der Waals surface area contributed by atoms with Crippen molar-refractivity contribution in [3.8, 4) is 0 Å². The highest BCUT2D eigenvalue weighted by molar-refractivity contribution is 4.93. The van der Waals surface area contributed by atoms with Crippen LogP contribution in [-0.4, -0.2) is 12.2 Å². The van der Waals surface area contributed by atoms with Crippen LogP contribution in [0.2, 0.25) is 0 Å². The third kappa shape index (κ3) is 2.48. The third-order valence-corrected chi connectivity index (χ3v) is 2.14. The topological polar surface area (TPSA) is 12.5 Å². The first-order valence-corrected chi connectivity index (χ1v) is 4.56. The molecule has 1 rings (SSSR count). The zero-order valence-electron chi connectivity index (χ0n) is 8.35. The molecule has 0 bridgehead atoms. The Labute approximate surface area is 70.1 Å². The normalized spacial score (nSPS) is 31.1. The second kappa shape index (κ2) is 2.78. The van der Waals surface area contributed by atoms with E-state index < -0.39 is 0 Å². The fraction of sp³-hybridized carbons (Fsp3) is 1.00. The van der Waals surface area contributed by atoms with E-state index in [-0.39, 0.29) is 0 Å². The van der Waals surface area contributed by atoms with Gasteiger partial charge in [0.05, 0.1) is 12.2 Å². The van der Waals surface area contributed by atoms with Crippen molar-refractivity contribution in [3.63, 3.8) is 0 Å². The molecule has 1 fully saturated rings. The summed E-state index contributed by atoms with van der Waals surface area (Å²) in [5, 5.41) is 0. The number of ether oxygens (including phenoxy) is 1. The summed E-state index contributed by atoms with van der Waals surface area (Å²) in [4.78, 5) is 0. The highest BCUT2D eigenvalue weighted by Crippen LogP contribution is 2.40. The lowest BCUT2D eigenvalue weighted by atomic mass is 9.88. The van der Waals surface area contributed by atoms with Gasteiger partial charge in [0, 0.05) is 0 Å². The number of rotatable bonds is 2. The SMILES string of the molecule is CC(C)CC1OC1C(C)(C)C. The van der Waals surface area contributed by atoms with Crippen molar-refractivity contribution in [2.45, 2.75) is 53.2 Å². The molecule has 2 atom stereocenters. The van der Waals surface area contributed by atoms with Gasteiger partial charge in [0.1, 0.15) is 0 Å². The van der Waals surface area contributed by atoms with E-state index in [9.17, 15) is 0 Å². The average Bonchev–Trinajstić information content (AvgIpc) is 2.40. The lowest BCUT2D eigenvalue weighted by Crippen LogP contribution is -2.16. The fourth-order valence-electron chi connectivity index (χ4n) is 1.55. The Morgan fingerprint density at radius 3 is 2.09 bits per heavy atom. The standard InChI is InChI=1S/C10H20O/c1-7(2)6-8-9(11-8)10(3,4)5/h7-9H,6H2,1-5H3. The molecular formula is C10H20O. The minimum absolute atomic E-state index is 0.347. The van der Waals surface area contributed by atoms with Gasteiger partial charge in [-0.05, 0) is 17.8 Å². The highest BCUT2D eigenvalue weighted by Gasteiger charge is 2.46. The minimum atomic E-state index is 0.347. The van der Waals surface area contributed by atoms with E-state index in [0.717, 1.165) is 5.92 Å². The maximum absolute atomic E-state index is 5.59. The first-order valence-electron chi connectivity index (χ1n) is 4.56. The Morgan fingerprint density at radius 2 is 1.82 bits per heavy atom. The first-order chi connectivity index (χ1) is 4.91. The maximum atomic E-state index is 5.59. The second-order valence-corrected chi connectivity index (χ2v) is 5.09. The van der Waals surface area contributed by atoms with Gasteiger partial charge >= 0.3 is 0 Å². The van der Waals surface area contributed by atoms with Gasteiger partial charge in [0.25, 0.3) is 0 Å². The molecule has 0 aromatic heterocycles. The van der Waals surface area contributed by atoms with Crippen molar-refractivity contribution in [2.75, 3.05) is 0 Å². The van der Waals surface area contributed by atoms with Gasteiger partial charge in [-0.25, -0.2) is 0 Å². The van der Waals surface area contributed by atoms with Gasteiger partial charge in [-0.2, -0.15) is 0 Å². The van der Waals surface area contributed by atoms with Crippen LogP contribution in [0.4, 0.5) is 0 Å². The minimum Gasteiger partial charge on any atom is -0.369 e. The van der Waals surface area contributed by atoms with Gasteiger partial charge in [-0.15, -0.1) is 0 Å². The molecule has 0 amide bonds. The molecule has 0 N–H and O–H groups in total. The van der Waals surface area contributed by atoms with Crippen LogP contribution in [0.25, 0.3) is 0 Å². The Morgan fingerprint density at radius 1 is 1.27 bits per heavy atom. The molecule has 1 saturated heterocycles. The number of hydrogen-bond donors (Lipinski definition) is 0. The predicted octanol–water partition coefficient (Wildman–Crippen LogP) is 2.85. The third-order valence-electron chi connectivity index (χ3n) is 2.14. The molecule has 1 heteroatoms. The Bertz CT molecular complexity index is 132. The quantitative estimate of drug-likeness (QED) is 0.560. The largest absolute Gasteiger partial charge is 0.369 e. The van der Waals surface area contributed by atoms with Crippen molar-refractivity contribution in [3.05, 3.63) is 0 Å². The lowest BCUT2D eigenvalue weighted by Gasteiger charge is -2.14. The molecule has 0 spiro atoms. The van der Waals surface area contributed by atoms with Crippen molar-refractivity contribution in [1.29, 1.82) is 0 Å². The maximum Gasteiger partial charge on any atom is 0.0890 e. The van der Waals surface area contributed by atoms with Crippen LogP contribution >= 0.6 is 0 Å². The van der Waals surface area contributed by atoms with E-state index in [1.165, 1.54) is 6.42 Å². The van der Waals surface area contributed by atoms with Crippen LogP contribution < -0.4 is 0 Å².